The Labute approximate surface area is 428 Å². The van der Waals surface area contributed by atoms with Crippen LogP contribution in [0, 0.1) is 24.6 Å². The van der Waals surface area contributed by atoms with Crippen molar-refractivity contribution in [3.8, 4) is 0 Å². The zero-order valence-corrected chi connectivity index (χ0v) is 42.7. The van der Waals surface area contributed by atoms with Gasteiger partial charge in [-0.05, 0) is 88.1 Å². The Kier molecular flexibility index (Phi) is 16.3. The molecular formula is C53H68FN11O7S. The van der Waals surface area contributed by atoms with Crippen molar-refractivity contribution in [2.24, 2.45) is 11.8 Å². The number of piperazine rings is 1. The normalized spacial score (nSPS) is 21.9. The molecular weight excluding hydrogens is 954 g/mol. The Morgan fingerprint density at radius 1 is 0.849 bits per heavy atom. The Balaban J connectivity index is 0.549. The van der Waals surface area contributed by atoms with E-state index in [4.69, 9.17) is 24.3 Å². The predicted molar refractivity (Wildman–Crippen MR) is 272 cm³/mol. The van der Waals surface area contributed by atoms with Crippen LogP contribution in [0.1, 0.15) is 106 Å². The number of aromatic nitrogens is 6. The molecule has 0 radical (unpaired) electrons. The van der Waals surface area contributed by atoms with Crippen molar-refractivity contribution in [3.63, 3.8) is 0 Å². The lowest BCUT2D eigenvalue weighted by Crippen LogP contribution is -2.52. The predicted octanol–water partition coefficient (Wildman–Crippen LogP) is 4.48. The van der Waals surface area contributed by atoms with Crippen molar-refractivity contribution < 1.29 is 33.0 Å². The minimum Gasteiger partial charge on any atom is -0.378 e. The van der Waals surface area contributed by atoms with E-state index >= 15 is 0 Å². The van der Waals surface area contributed by atoms with Crippen LogP contribution in [0.3, 0.4) is 0 Å². The highest BCUT2D eigenvalue weighted by Crippen LogP contribution is 2.63. The van der Waals surface area contributed by atoms with Crippen molar-refractivity contribution in [1.82, 2.24) is 55.3 Å². The Bertz CT molecular complexity index is 2800. The molecule has 5 aromatic rings. The highest BCUT2D eigenvalue weighted by molar-refractivity contribution is 7.11. The number of amides is 3. The average Bonchev–Trinajstić information content (AvgIpc) is 4.23. The molecule has 2 atom stereocenters. The fourth-order valence-corrected chi connectivity index (χ4v) is 13.0. The van der Waals surface area contributed by atoms with Gasteiger partial charge in [-0.25, -0.2) is 14.5 Å². The number of carbonyl (C=O) groups excluding carboxylic acids is 3. The van der Waals surface area contributed by atoms with E-state index in [0.717, 1.165) is 69.8 Å². The number of hydrogen-bond acceptors (Lipinski definition) is 14. The molecule has 3 saturated carbocycles. The largest absolute Gasteiger partial charge is 0.378 e. The summed E-state index contributed by atoms with van der Waals surface area (Å²) in [6.45, 7) is 9.96. The zero-order chi connectivity index (χ0) is 50.3. The van der Waals surface area contributed by atoms with E-state index in [0.29, 0.717) is 106 Å². The summed E-state index contributed by atoms with van der Waals surface area (Å²) in [6, 6.07) is 11.9. The molecule has 6 heterocycles. The van der Waals surface area contributed by atoms with Gasteiger partial charge in [-0.15, -0.1) is 21.5 Å². The first-order valence-corrected chi connectivity index (χ1v) is 27.1. The first kappa shape index (κ1) is 51.0. The fraction of sp³-hybridized carbons (Fsp3) is 0.585. The van der Waals surface area contributed by atoms with Gasteiger partial charge >= 0.3 is 0 Å². The van der Waals surface area contributed by atoms with Crippen LogP contribution in [0.15, 0.2) is 47.3 Å². The van der Waals surface area contributed by atoms with Crippen LogP contribution in [0.2, 0.25) is 0 Å². The monoisotopic (exact) mass is 1020 g/mol. The maximum Gasteiger partial charge on any atom is 0.272 e. The highest BCUT2D eigenvalue weighted by atomic mass is 32.1. The summed E-state index contributed by atoms with van der Waals surface area (Å²) in [5, 5.41) is 24.7. The summed E-state index contributed by atoms with van der Waals surface area (Å²) in [5.41, 5.74) is 2.22. The summed E-state index contributed by atoms with van der Waals surface area (Å²) >= 11 is 1.83. The van der Waals surface area contributed by atoms with Crippen LogP contribution >= 0.6 is 11.3 Å². The van der Waals surface area contributed by atoms with E-state index in [1.807, 2.05) is 23.5 Å². The van der Waals surface area contributed by atoms with Crippen LogP contribution < -0.4 is 16.2 Å². The van der Waals surface area contributed by atoms with Gasteiger partial charge in [0.15, 0.2) is 0 Å². The molecule has 2 aromatic carbocycles. The van der Waals surface area contributed by atoms with Crippen LogP contribution in [-0.4, -0.2) is 154 Å². The van der Waals surface area contributed by atoms with E-state index < -0.39 is 11.7 Å². The molecule has 20 heteroatoms. The van der Waals surface area contributed by atoms with E-state index in [-0.39, 0.29) is 53.9 Å². The van der Waals surface area contributed by atoms with Gasteiger partial charge in [0.05, 0.1) is 81.1 Å². The number of halogens is 1. The molecule has 6 aliphatic rings. The van der Waals surface area contributed by atoms with E-state index in [2.05, 4.69) is 42.3 Å². The van der Waals surface area contributed by atoms with Gasteiger partial charge in [0.25, 0.3) is 11.5 Å². The fourth-order valence-electron chi connectivity index (χ4n) is 11.9. The third-order valence-electron chi connectivity index (χ3n) is 15.6. The molecule has 3 aliphatic heterocycles. The molecule has 18 nitrogen and oxygen atoms in total. The number of hydrogen-bond donors (Lipinski definition) is 3. The smallest absolute Gasteiger partial charge is 0.272 e. The number of thiazole rings is 1. The SMILES string of the molecule is Cc1sc(CN2CCCC2c2nnc3n2CCCCC3)nc1C12CC(C1)C(C(=O)NCCOCCOCCOCCNCC(=O)N1CCN(C(=O)c3cc(Cc4n[nH]c(=O)c5ccccc45)ccc3F)CC1)C2. The Morgan fingerprint density at radius 2 is 1.60 bits per heavy atom. The second-order valence-electron chi connectivity index (χ2n) is 20.4. The number of nitrogens with one attached hydrogen (secondary N) is 3. The molecule has 2 bridgehead atoms. The number of aryl methyl sites for hydroxylation is 2. The number of likely N-dealkylation sites (tertiary alicyclic amines) is 1. The summed E-state index contributed by atoms with van der Waals surface area (Å²) in [4.78, 5) is 64.2. The molecule has 3 amide bonds. The Morgan fingerprint density at radius 3 is 2.41 bits per heavy atom. The van der Waals surface area contributed by atoms with Gasteiger partial charge < -0.3 is 39.2 Å². The average molecular weight is 1020 g/mol. The minimum absolute atomic E-state index is 0.0171. The van der Waals surface area contributed by atoms with E-state index in [1.54, 1.807) is 28.0 Å². The van der Waals surface area contributed by atoms with Gasteiger partial charge in [-0.1, -0.05) is 30.7 Å². The second-order valence-corrected chi connectivity index (χ2v) is 21.6. The molecule has 2 unspecified atom stereocenters. The number of H-pyrrole nitrogens is 1. The third kappa shape index (κ3) is 11.6. The minimum atomic E-state index is -0.617. The Hall–Kier alpha value is -5.51. The maximum atomic E-state index is 15.0. The van der Waals surface area contributed by atoms with Crippen molar-refractivity contribution in [2.45, 2.75) is 95.7 Å². The molecule has 2 saturated heterocycles. The van der Waals surface area contributed by atoms with Crippen molar-refractivity contribution in [1.29, 1.82) is 0 Å². The molecule has 3 aliphatic carbocycles. The van der Waals surface area contributed by atoms with Crippen LogP contribution in [0.5, 0.6) is 0 Å². The highest BCUT2D eigenvalue weighted by Gasteiger charge is 2.60. The number of carbonyl (C=O) groups is 3. The lowest BCUT2D eigenvalue weighted by Gasteiger charge is -2.37. The number of fused-ring (bicyclic) bond motifs is 3. The quantitative estimate of drug-likeness (QED) is 0.0821. The van der Waals surface area contributed by atoms with Gasteiger partial charge in [-0.2, -0.15) is 5.10 Å². The topological polar surface area (TPSA) is 202 Å². The van der Waals surface area contributed by atoms with E-state index in [9.17, 15) is 23.6 Å². The van der Waals surface area contributed by atoms with Gasteiger partial charge in [0, 0.05) is 80.3 Å². The summed E-state index contributed by atoms with van der Waals surface area (Å²) in [5.74, 6) is 1.71. The molecule has 73 heavy (non-hydrogen) atoms. The standard InChI is InChI=1S/C53H68FN11O7S/c1-35-48(57-46(73-35)34-64-16-7-10-44(64)49-60-59-45-11-3-2-6-17-65(45)49)53-30-37(31-53)41(32-53)50(67)56-15-23-71-25-27-72-26-24-70-22-14-55-33-47(66)62-18-20-63(21-19-62)52(69)40-28-36(12-13-42(40)54)29-43-38-8-4-5-9-39(38)51(68)61-58-43/h4-5,8-9,12-13,28,37,41,44,55H,2-3,6-7,10-11,14-27,29-34H2,1H3,(H,56,67)(H,61,68). The van der Waals surface area contributed by atoms with Crippen LogP contribution in [0.4, 0.5) is 4.39 Å². The van der Waals surface area contributed by atoms with E-state index in [1.165, 1.54) is 47.0 Å². The molecule has 0 spiro atoms. The van der Waals surface area contributed by atoms with Gasteiger partial charge in [0.1, 0.15) is 22.5 Å². The van der Waals surface area contributed by atoms with Gasteiger partial charge in [0.2, 0.25) is 11.8 Å². The first-order chi connectivity index (χ1) is 35.6. The van der Waals surface area contributed by atoms with Crippen LogP contribution in [-0.2, 0) is 55.1 Å². The second kappa shape index (κ2) is 23.4. The number of rotatable bonds is 22. The van der Waals surface area contributed by atoms with Crippen molar-refractivity contribution >= 4 is 39.8 Å². The molecule has 3 N–H and O–H groups in total. The van der Waals surface area contributed by atoms with Crippen molar-refractivity contribution in [3.05, 3.63) is 103 Å². The maximum absolute atomic E-state index is 15.0. The molecule has 3 aromatic heterocycles. The van der Waals surface area contributed by atoms with Crippen molar-refractivity contribution in [2.75, 3.05) is 92.0 Å². The number of benzene rings is 2. The molecule has 390 valence electrons. The molecule has 11 rings (SSSR count). The number of aromatic amines is 1. The zero-order valence-electron chi connectivity index (χ0n) is 41.9. The lowest BCUT2D eigenvalue weighted by atomic mass is 9.67. The number of nitrogens with zero attached hydrogens (tertiary/aromatic N) is 8. The van der Waals surface area contributed by atoms with Crippen LogP contribution in [0.25, 0.3) is 10.8 Å². The molecule has 5 fully saturated rings. The number of ether oxygens (including phenoxy) is 3. The first-order valence-electron chi connectivity index (χ1n) is 26.3. The summed E-state index contributed by atoms with van der Waals surface area (Å²) in [7, 11) is 0. The van der Waals surface area contributed by atoms with Gasteiger partial charge in [-0.3, -0.25) is 24.1 Å². The lowest BCUT2D eigenvalue weighted by molar-refractivity contribution is -0.131. The summed E-state index contributed by atoms with van der Waals surface area (Å²) in [6.07, 6.45) is 10.2. The third-order valence-corrected chi connectivity index (χ3v) is 16.6. The summed E-state index contributed by atoms with van der Waals surface area (Å²) < 4.78 is 34.4.